The van der Waals surface area contributed by atoms with E-state index in [9.17, 15) is 16.8 Å². The molecule has 3 aromatic carbocycles. The zero-order chi connectivity index (χ0) is 22.2. The van der Waals surface area contributed by atoms with Crippen molar-refractivity contribution in [3.8, 4) is 11.5 Å². The Bertz CT molecular complexity index is 1300. The van der Waals surface area contributed by atoms with Crippen molar-refractivity contribution >= 4 is 31.5 Å². The van der Waals surface area contributed by atoms with Crippen molar-refractivity contribution in [2.75, 3.05) is 13.1 Å². The topological polar surface area (TPSA) is 80.8 Å². The van der Waals surface area contributed by atoms with Gasteiger partial charge in [-0.3, -0.25) is 0 Å². The van der Waals surface area contributed by atoms with Crippen LogP contribution in [0.15, 0.2) is 82.6 Å². The van der Waals surface area contributed by atoms with Crippen LogP contribution in [0.1, 0.15) is 5.56 Å². The van der Waals surface area contributed by atoms with E-state index in [2.05, 4.69) is 0 Å². The van der Waals surface area contributed by atoms with Gasteiger partial charge in [0, 0.05) is 18.1 Å². The Hall–Kier alpha value is -2.39. The van der Waals surface area contributed by atoms with Gasteiger partial charge in [-0.1, -0.05) is 29.8 Å². The Balaban J connectivity index is 1.45. The van der Waals surface area contributed by atoms with Crippen LogP contribution in [0.4, 0.5) is 0 Å². The summed E-state index contributed by atoms with van der Waals surface area (Å²) in [4.78, 5) is 0.226. The molecule has 3 aromatic rings. The number of benzene rings is 3. The molecule has 0 atom stereocenters. The van der Waals surface area contributed by atoms with Gasteiger partial charge in [0.2, 0.25) is 10.0 Å². The van der Waals surface area contributed by atoms with E-state index in [0.29, 0.717) is 16.5 Å². The average molecular weight is 478 g/mol. The minimum Gasteiger partial charge on any atom is -0.457 e. The van der Waals surface area contributed by atoms with Crippen molar-refractivity contribution in [2.24, 2.45) is 0 Å². The van der Waals surface area contributed by atoms with Crippen LogP contribution in [0.5, 0.6) is 11.5 Å². The molecule has 0 spiro atoms. The van der Waals surface area contributed by atoms with Crippen LogP contribution in [-0.2, 0) is 19.9 Å². The number of halogens is 1. The van der Waals surface area contributed by atoms with Crippen molar-refractivity contribution in [1.82, 2.24) is 4.31 Å². The molecule has 0 aliphatic carbocycles. The smallest absolute Gasteiger partial charge is 0.243 e. The molecular weight excluding hydrogens is 458 g/mol. The highest BCUT2D eigenvalue weighted by Gasteiger charge is 2.44. The van der Waals surface area contributed by atoms with E-state index in [1.54, 1.807) is 12.1 Å². The van der Waals surface area contributed by atoms with Gasteiger partial charge in [-0.25, -0.2) is 16.8 Å². The molecule has 0 unspecified atom stereocenters. The van der Waals surface area contributed by atoms with E-state index in [1.807, 2.05) is 31.2 Å². The van der Waals surface area contributed by atoms with E-state index < -0.39 is 25.1 Å². The molecule has 1 aliphatic heterocycles. The van der Waals surface area contributed by atoms with Gasteiger partial charge in [0.05, 0.1) is 15.0 Å². The SMILES string of the molecule is Cc1ccccc1Oc1ccc(S(=O)(=O)N2CC(S(=O)(=O)c3ccc(Cl)cc3)C2)cc1. The average Bonchev–Trinajstić information content (AvgIpc) is 2.69. The second kappa shape index (κ2) is 8.27. The fourth-order valence-electron chi connectivity index (χ4n) is 3.24. The summed E-state index contributed by atoms with van der Waals surface area (Å²) < 4.78 is 58.1. The first kappa shape index (κ1) is 21.8. The zero-order valence-electron chi connectivity index (χ0n) is 16.6. The molecule has 31 heavy (non-hydrogen) atoms. The fraction of sp³-hybridized carbons (Fsp3) is 0.182. The van der Waals surface area contributed by atoms with Crippen molar-refractivity contribution in [2.45, 2.75) is 22.0 Å². The minimum absolute atomic E-state index is 0.0885. The van der Waals surface area contributed by atoms with Crippen molar-refractivity contribution in [3.05, 3.63) is 83.4 Å². The molecular formula is C22H20ClNO5S2. The Labute approximate surface area is 187 Å². The number of hydrogen-bond donors (Lipinski definition) is 0. The minimum atomic E-state index is -3.79. The largest absolute Gasteiger partial charge is 0.457 e. The van der Waals surface area contributed by atoms with E-state index >= 15 is 0 Å². The van der Waals surface area contributed by atoms with E-state index in [-0.39, 0.29) is 22.9 Å². The van der Waals surface area contributed by atoms with Crippen LogP contribution in [0.2, 0.25) is 5.02 Å². The summed E-state index contributed by atoms with van der Waals surface area (Å²) in [5.41, 5.74) is 0.965. The molecule has 0 bridgehead atoms. The first-order valence-corrected chi connectivity index (χ1v) is 12.9. The second-order valence-corrected chi connectivity index (χ2v) is 11.9. The predicted octanol–water partition coefficient (Wildman–Crippen LogP) is 4.29. The molecule has 1 aliphatic rings. The van der Waals surface area contributed by atoms with Gasteiger partial charge in [0.15, 0.2) is 9.84 Å². The Kier molecular flexibility index (Phi) is 5.83. The van der Waals surface area contributed by atoms with E-state index in [1.165, 1.54) is 40.7 Å². The molecule has 0 N–H and O–H groups in total. The van der Waals surface area contributed by atoms with Gasteiger partial charge in [0.1, 0.15) is 11.5 Å². The monoisotopic (exact) mass is 477 g/mol. The van der Waals surface area contributed by atoms with Gasteiger partial charge < -0.3 is 4.74 Å². The molecule has 1 heterocycles. The summed E-state index contributed by atoms with van der Waals surface area (Å²) in [5.74, 6) is 1.20. The number of sulfonamides is 1. The molecule has 0 radical (unpaired) electrons. The summed E-state index contributed by atoms with van der Waals surface area (Å²) in [6.45, 7) is 1.75. The first-order valence-electron chi connectivity index (χ1n) is 9.51. The number of ether oxygens (including phenoxy) is 1. The van der Waals surface area contributed by atoms with Gasteiger partial charge in [-0.05, 0) is 67.1 Å². The lowest BCUT2D eigenvalue weighted by molar-refractivity contribution is 0.309. The molecule has 0 aromatic heterocycles. The maximum Gasteiger partial charge on any atom is 0.243 e. The molecule has 9 heteroatoms. The fourth-order valence-corrected chi connectivity index (χ4v) is 6.73. The Morgan fingerprint density at radius 1 is 0.839 bits per heavy atom. The number of nitrogens with zero attached hydrogens (tertiary/aromatic N) is 1. The lowest BCUT2D eigenvalue weighted by Gasteiger charge is -2.37. The molecule has 1 saturated heterocycles. The molecule has 6 nitrogen and oxygen atoms in total. The van der Waals surface area contributed by atoms with Crippen LogP contribution in [-0.4, -0.2) is 39.5 Å². The molecule has 0 amide bonds. The zero-order valence-corrected chi connectivity index (χ0v) is 19.0. The molecule has 4 rings (SSSR count). The van der Waals surface area contributed by atoms with Crippen LogP contribution in [0.3, 0.4) is 0 Å². The Morgan fingerprint density at radius 2 is 1.42 bits per heavy atom. The highest BCUT2D eigenvalue weighted by Crippen LogP contribution is 2.31. The number of aryl methyl sites for hydroxylation is 1. The van der Waals surface area contributed by atoms with Crippen molar-refractivity contribution in [3.63, 3.8) is 0 Å². The van der Waals surface area contributed by atoms with Crippen LogP contribution in [0.25, 0.3) is 0 Å². The third-order valence-electron chi connectivity index (χ3n) is 5.18. The molecule has 162 valence electrons. The predicted molar refractivity (Wildman–Crippen MR) is 119 cm³/mol. The highest BCUT2D eigenvalue weighted by atomic mass is 35.5. The van der Waals surface area contributed by atoms with E-state index in [0.717, 1.165) is 5.56 Å². The lowest BCUT2D eigenvalue weighted by atomic mass is 10.2. The maximum atomic E-state index is 12.9. The third-order valence-corrected chi connectivity index (χ3v) is 9.38. The number of sulfone groups is 1. The third kappa shape index (κ3) is 4.34. The number of hydrogen-bond acceptors (Lipinski definition) is 5. The maximum absolute atomic E-state index is 12.9. The normalized spacial score (nSPS) is 15.4. The summed E-state index contributed by atoms with van der Waals surface area (Å²) in [5, 5.41) is -0.348. The Morgan fingerprint density at radius 3 is 2.03 bits per heavy atom. The van der Waals surface area contributed by atoms with Crippen LogP contribution >= 0.6 is 11.6 Å². The molecule has 1 fully saturated rings. The summed E-state index contributed by atoms with van der Waals surface area (Å²) >= 11 is 5.81. The number of rotatable bonds is 6. The highest BCUT2D eigenvalue weighted by molar-refractivity contribution is 7.92. The quantitative estimate of drug-likeness (QED) is 0.529. The summed E-state index contributed by atoms with van der Waals surface area (Å²) in [6.07, 6.45) is 0. The summed E-state index contributed by atoms with van der Waals surface area (Å²) in [7, 11) is -7.41. The first-order chi connectivity index (χ1) is 14.7. The van der Waals surface area contributed by atoms with Crippen LogP contribution in [0, 0.1) is 6.92 Å². The van der Waals surface area contributed by atoms with Gasteiger partial charge in [0.25, 0.3) is 0 Å². The van der Waals surface area contributed by atoms with Gasteiger partial charge >= 0.3 is 0 Å². The second-order valence-electron chi connectivity index (χ2n) is 7.28. The molecule has 0 saturated carbocycles. The van der Waals surface area contributed by atoms with Gasteiger partial charge in [-0.15, -0.1) is 0 Å². The van der Waals surface area contributed by atoms with E-state index in [4.69, 9.17) is 16.3 Å². The van der Waals surface area contributed by atoms with Crippen molar-refractivity contribution in [1.29, 1.82) is 0 Å². The van der Waals surface area contributed by atoms with Crippen LogP contribution < -0.4 is 4.74 Å². The standard InChI is InChI=1S/C22H20ClNO5S2/c1-16-4-2-3-5-22(16)29-18-8-12-20(13-9-18)31(27,28)24-14-21(15-24)30(25,26)19-10-6-17(23)7-11-19/h2-13,21H,14-15H2,1H3. The lowest BCUT2D eigenvalue weighted by Crippen LogP contribution is -2.56. The van der Waals surface area contributed by atoms with Gasteiger partial charge in [-0.2, -0.15) is 4.31 Å². The van der Waals surface area contributed by atoms with Crippen molar-refractivity contribution < 1.29 is 21.6 Å². The summed E-state index contributed by atoms with van der Waals surface area (Å²) in [6, 6.07) is 19.5. The number of para-hydroxylation sites is 1.